The van der Waals surface area contributed by atoms with Crippen molar-refractivity contribution in [2.75, 3.05) is 6.61 Å². The summed E-state index contributed by atoms with van der Waals surface area (Å²) in [6, 6.07) is 12.4. The highest BCUT2D eigenvalue weighted by Gasteiger charge is 2.22. The molecule has 1 atom stereocenters. The Labute approximate surface area is 110 Å². The summed E-state index contributed by atoms with van der Waals surface area (Å²) < 4.78 is 5.61. The van der Waals surface area contributed by atoms with Gasteiger partial charge < -0.3 is 10.1 Å². The van der Waals surface area contributed by atoms with Crippen molar-refractivity contribution in [3.8, 4) is 11.8 Å². The van der Waals surface area contributed by atoms with Crippen molar-refractivity contribution < 1.29 is 4.74 Å². The number of nitriles is 1. The molecule has 1 aliphatic heterocycles. The highest BCUT2D eigenvalue weighted by molar-refractivity contribution is 7.10. The number of thiophene rings is 1. The van der Waals surface area contributed by atoms with E-state index in [1.807, 2.05) is 29.6 Å². The van der Waals surface area contributed by atoms with Crippen molar-refractivity contribution in [3.05, 3.63) is 51.7 Å². The molecule has 1 unspecified atom stereocenters. The molecule has 4 heteroatoms. The Hall–Kier alpha value is -1.83. The maximum atomic E-state index is 8.78. The maximum Gasteiger partial charge on any atom is 0.124 e. The molecule has 0 spiro atoms. The highest BCUT2D eigenvalue weighted by Crippen LogP contribution is 2.31. The van der Waals surface area contributed by atoms with E-state index in [9.17, 15) is 0 Å². The number of hydrogen-bond donors (Lipinski definition) is 1. The van der Waals surface area contributed by atoms with Crippen LogP contribution in [0.15, 0.2) is 35.7 Å². The third-order valence-corrected chi connectivity index (χ3v) is 3.94. The van der Waals surface area contributed by atoms with E-state index in [4.69, 9.17) is 10.00 Å². The molecule has 1 aromatic carbocycles. The quantitative estimate of drug-likeness (QED) is 0.918. The van der Waals surface area contributed by atoms with Gasteiger partial charge in [0.2, 0.25) is 0 Å². The van der Waals surface area contributed by atoms with Crippen molar-refractivity contribution in [2.45, 2.75) is 12.6 Å². The SMILES string of the molecule is N#Cc1csc(CNC2COc3ccccc32)c1. The van der Waals surface area contributed by atoms with Gasteiger partial charge in [-0.25, -0.2) is 0 Å². The number of ether oxygens (including phenoxy) is 1. The van der Waals surface area contributed by atoms with Crippen LogP contribution in [0.2, 0.25) is 0 Å². The first-order valence-corrected chi connectivity index (χ1v) is 6.67. The van der Waals surface area contributed by atoms with Crippen LogP contribution >= 0.6 is 11.3 Å². The van der Waals surface area contributed by atoms with Gasteiger partial charge in [-0.2, -0.15) is 5.26 Å². The first-order valence-electron chi connectivity index (χ1n) is 5.79. The van der Waals surface area contributed by atoms with E-state index in [1.54, 1.807) is 11.3 Å². The van der Waals surface area contributed by atoms with E-state index in [0.29, 0.717) is 6.61 Å². The molecule has 2 aromatic rings. The highest BCUT2D eigenvalue weighted by atomic mass is 32.1. The van der Waals surface area contributed by atoms with Crippen molar-refractivity contribution in [3.63, 3.8) is 0 Å². The molecule has 90 valence electrons. The smallest absolute Gasteiger partial charge is 0.124 e. The topological polar surface area (TPSA) is 45.0 Å². The zero-order chi connectivity index (χ0) is 12.4. The maximum absolute atomic E-state index is 8.78. The Morgan fingerprint density at radius 1 is 1.44 bits per heavy atom. The molecule has 0 radical (unpaired) electrons. The zero-order valence-corrected chi connectivity index (χ0v) is 10.5. The summed E-state index contributed by atoms with van der Waals surface area (Å²) in [7, 11) is 0. The predicted molar refractivity (Wildman–Crippen MR) is 70.6 cm³/mol. The van der Waals surface area contributed by atoms with Crippen molar-refractivity contribution in [1.29, 1.82) is 5.26 Å². The summed E-state index contributed by atoms with van der Waals surface area (Å²) >= 11 is 1.61. The summed E-state index contributed by atoms with van der Waals surface area (Å²) in [6.07, 6.45) is 0. The van der Waals surface area contributed by atoms with E-state index in [-0.39, 0.29) is 6.04 Å². The summed E-state index contributed by atoms with van der Waals surface area (Å²) in [5.74, 6) is 0.971. The second kappa shape index (κ2) is 4.81. The fraction of sp³-hybridized carbons (Fsp3) is 0.214. The van der Waals surface area contributed by atoms with Crippen LogP contribution in [0.25, 0.3) is 0 Å². The van der Waals surface area contributed by atoms with Crippen molar-refractivity contribution in [1.82, 2.24) is 5.32 Å². The monoisotopic (exact) mass is 256 g/mol. The molecule has 3 nitrogen and oxygen atoms in total. The first kappa shape index (κ1) is 11.3. The van der Waals surface area contributed by atoms with E-state index in [0.717, 1.165) is 17.9 Å². The fourth-order valence-corrected chi connectivity index (χ4v) is 2.85. The Kier molecular flexibility index (Phi) is 3.01. The lowest BCUT2D eigenvalue weighted by atomic mass is 10.1. The number of nitrogens with one attached hydrogen (secondary N) is 1. The van der Waals surface area contributed by atoms with Crippen LogP contribution < -0.4 is 10.1 Å². The first-order chi connectivity index (χ1) is 8.86. The summed E-state index contributed by atoms with van der Waals surface area (Å²) in [6.45, 7) is 1.45. The number of nitrogens with zero attached hydrogens (tertiary/aromatic N) is 1. The number of hydrogen-bond acceptors (Lipinski definition) is 4. The Balaban J connectivity index is 1.67. The lowest BCUT2D eigenvalue weighted by Gasteiger charge is -2.10. The van der Waals surface area contributed by atoms with Crippen LogP contribution in [0.4, 0.5) is 0 Å². The van der Waals surface area contributed by atoms with E-state index >= 15 is 0 Å². The number of benzene rings is 1. The lowest BCUT2D eigenvalue weighted by molar-refractivity contribution is 0.311. The third kappa shape index (κ3) is 2.10. The minimum absolute atomic E-state index is 0.244. The molecular weight excluding hydrogens is 244 g/mol. The van der Waals surface area contributed by atoms with E-state index in [2.05, 4.69) is 17.5 Å². The van der Waals surface area contributed by atoms with Gasteiger partial charge in [0.05, 0.1) is 11.6 Å². The fourth-order valence-electron chi connectivity index (χ4n) is 2.09. The number of fused-ring (bicyclic) bond motifs is 1. The van der Waals surface area contributed by atoms with Gasteiger partial charge in [0.1, 0.15) is 18.4 Å². The van der Waals surface area contributed by atoms with Crippen LogP contribution in [-0.2, 0) is 6.54 Å². The largest absolute Gasteiger partial charge is 0.491 e. The molecule has 1 aromatic heterocycles. The molecule has 0 aliphatic carbocycles. The number of para-hydroxylation sites is 1. The summed E-state index contributed by atoms with van der Waals surface area (Å²) in [4.78, 5) is 1.18. The van der Waals surface area contributed by atoms with Crippen LogP contribution in [-0.4, -0.2) is 6.61 Å². The Morgan fingerprint density at radius 3 is 3.17 bits per heavy atom. The van der Waals surface area contributed by atoms with Crippen LogP contribution in [0, 0.1) is 11.3 Å². The molecule has 3 rings (SSSR count). The molecule has 0 saturated carbocycles. The molecule has 0 fully saturated rings. The van der Waals surface area contributed by atoms with Crippen molar-refractivity contribution >= 4 is 11.3 Å². The zero-order valence-electron chi connectivity index (χ0n) is 9.72. The van der Waals surface area contributed by atoms with Gasteiger partial charge in [-0.3, -0.25) is 0 Å². The van der Waals surface area contributed by atoms with Crippen LogP contribution in [0.1, 0.15) is 22.0 Å². The Morgan fingerprint density at radius 2 is 2.33 bits per heavy atom. The van der Waals surface area contributed by atoms with Crippen LogP contribution in [0.3, 0.4) is 0 Å². The average Bonchev–Trinajstić information content (AvgIpc) is 3.03. The molecule has 0 saturated heterocycles. The van der Waals surface area contributed by atoms with Crippen molar-refractivity contribution in [2.24, 2.45) is 0 Å². The summed E-state index contributed by atoms with van der Waals surface area (Å²) in [5, 5.41) is 14.1. The standard InChI is InChI=1S/C14H12N2OS/c15-6-10-5-11(18-9-10)7-16-13-8-17-14-4-2-1-3-12(13)14/h1-5,9,13,16H,7-8H2. The molecule has 0 amide bonds. The minimum Gasteiger partial charge on any atom is -0.491 e. The molecule has 0 bridgehead atoms. The van der Waals surface area contributed by atoms with Gasteiger partial charge in [0.15, 0.2) is 0 Å². The van der Waals surface area contributed by atoms with Gasteiger partial charge in [0, 0.05) is 22.4 Å². The predicted octanol–water partition coefficient (Wildman–Crippen LogP) is 2.84. The van der Waals surface area contributed by atoms with Gasteiger partial charge in [0.25, 0.3) is 0 Å². The van der Waals surface area contributed by atoms with E-state index < -0.39 is 0 Å². The normalized spacial score (nSPS) is 16.9. The van der Waals surface area contributed by atoms with Gasteiger partial charge in [-0.1, -0.05) is 18.2 Å². The molecule has 1 N–H and O–H groups in total. The van der Waals surface area contributed by atoms with Crippen LogP contribution in [0.5, 0.6) is 5.75 Å². The van der Waals surface area contributed by atoms with Gasteiger partial charge in [-0.05, 0) is 12.1 Å². The summed E-state index contributed by atoms with van der Waals surface area (Å²) in [5.41, 5.74) is 1.95. The van der Waals surface area contributed by atoms with Gasteiger partial charge >= 0.3 is 0 Å². The molecule has 2 heterocycles. The number of rotatable bonds is 3. The lowest BCUT2D eigenvalue weighted by Crippen LogP contribution is -2.21. The third-order valence-electron chi connectivity index (χ3n) is 3.01. The Bertz CT molecular complexity index is 600. The average molecular weight is 256 g/mol. The van der Waals surface area contributed by atoms with Gasteiger partial charge in [-0.15, -0.1) is 11.3 Å². The van der Waals surface area contributed by atoms with E-state index in [1.165, 1.54) is 10.4 Å². The molecular formula is C14H12N2OS. The minimum atomic E-state index is 0.244. The molecule has 18 heavy (non-hydrogen) atoms. The second-order valence-electron chi connectivity index (χ2n) is 4.20. The second-order valence-corrected chi connectivity index (χ2v) is 5.19. The molecule has 1 aliphatic rings.